The maximum atomic E-state index is 12.0. The lowest BCUT2D eigenvalue weighted by Crippen LogP contribution is -2.46. The summed E-state index contributed by atoms with van der Waals surface area (Å²) < 4.78 is 24.9. The molecule has 22 heavy (non-hydrogen) atoms. The minimum atomic E-state index is -3.39. The van der Waals surface area contributed by atoms with Crippen molar-refractivity contribution >= 4 is 44.8 Å². The molecule has 0 atom stereocenters. The van der Waals surface area contributed by atoms with Crippen molar-refractivity contribution in [2.24, 2.45) is 0 Å². The molecule has 0 heterocycles. The molecule has 1 aromatic rings. The van der Waals surface area contributed by atoms with Crippen LogP contribution in [0.15, 0.2) is 18.2 Å². The van der Waals surface area contributed by atoms with Gasteiger partial charge in [0.2, 0.25) is 15.9 Å². The van der Waals surface area contributed by atoms with E-state index in [1.165, 1.54) is 4.31 Å². The maximum Gasteiger partial charge on any atom is 0.225 e. The number of hydrogen-bond donors (Lipinski definition) is 1. The lowest BCUT2D eigenvalue weighted by molar-refractivity contribution is -0.116. The third-order valence-corrected chi connectivity index (χ3v) is 5.16. The van der Waals surface area contributed by atoms with Gasteiger partial charge in [-0.3, -0.25) is 4.79 Å². The van der Waals surface area contributed by atoms with Gasteiger partial charge in [-0.05, 0) is 39.0 Å². The molecule has 0 radical (unpaired) electrons. The fraction of sp³-hybridized carbons (Fsp3) is 0.500. The van der Waals surface area contributed by atoms with Crippen LogP contribution in [0.3, 0.4) is 0 Å². The van der Waals surface area contributed by atoms with Crippen LogP contribution in [0.2, 0.25) is 10.0 Å². The van der Waals surface area contributed by atoms with E-state index in [2.05, 4.69) is 5.32 Å². The van der Waals surface area contributed by atoms with E-state index >= 15 is 0 Å². The van der Waals surface area contributed by atoms with Gasteiger partial charge in [0, 0.05) is 24.2 Å². The Hall–Kier alpha value is -0.820. The summed E-state index contributed by atoms with van der Waals surface area (Å²) in [5.41, 5.74) is -0.0710. The van der Waals surface area contributed by atoms with Crippen molar-refractivity contribution in [3.8, 4) is 0 Å². The molecule has 0 unspecified atom stereocenters. The van der Waals surface area contributed by atoms with E-state index in [1.54, 1.807) is 39.0 Å². The minimum Gasteiger partial charge on any atom is -0.326 e. The van der Waals surface area contributed by atoms with Gasteiger partial charge >= 0.3 is 0 Å². The Morgan fingerprint density at radius 3 is 2.27 bits per heavy atom. The topological polar surface area (TPSA) is 66.5 Å². The van der Waals surface area contributed by atoms with Crippen LogP contribution >= 0.6 is 23.2 Å². The van der Waals surface area contributed by atoms with Crippen LogP contribution in [0.5, 0.6) is 0 Å². The molecule has 124 valence electrons. The second-order valence-electron chi connectivity index (χ2n) is 5.93. The summed E-state index contributed by atoms with van der Waals surface area (Å²) in [4.78, 5) is 12.0. The van der Waals surface area contributed by atoms with Crippen molar-refractivity contribution in [1.82, 2.24) is 4.31 Å². The standard InChI is InChI=1S/C14H20Cl2N2O3S/c1-14(2,3)18(22(4,20)21)8-7-13(19)17-10-5-6-11(15)12(16)9-10/h5-6,9H,7-8H2,1-4H3,(H,17,19). The Kier molecular flexibility index (Phi) is 6.27. The Morgan fingerprint density at radius 2 is 1.82 bits per heavy atom. The first-order valence-electron chi connectivity index (χ1n) is 6.64. The molecule has 0 saturated heterocycles. The largest absolute Gasteiger partial charge is 0.326 e. The number of sulfonamides is 1. The molecule has 8 heteroatoms. The van der Waals surface area contributed by atoms with Gasteiger partial charge in [-0.1, -0.05) is 23.2 Å². The number of rotatable bonds is 5. The Balaban J connectivity index is 2.70. The second-order valence-corrected chi connectivity index (χ2v) is 8.65. The number of halogens is 2. The molecule has 0 aliphatic rings. The number of nitrogens with zero attached hydrogens (tertiary/aromatic N) is 1. The summed E-state index contributed by atoms with van der Waals surface area (Å²) in [6.07, 6.45) is 1.18. The molecule has 0 aromatic heterocycles. The quantitative estimate of drug-likeness (QED) is 0.868. The summed E-state index contributed by atoms with van der Waals surface area (Å²) in [6, 6.07) is 4.75. The number of carbonyl (C=O) groups excluding carboxylic acids is 1. The van der Waals surface area contributed by atoms with Gasteiger partial charge in [0.15, 0.2) is 0 Å². The number of anilines is 1. The van der Waals surface area contributed by atoms with Crippen molar-refractivity contribution in [3.05, 3.63) is 28.2 Å². The summed E-state index contributed by atoms with van der Waals surface area (Å²) in [6.45, 7) is 5.45. The van der Waals surface area contributed by atoms with Crippen LogP contribution in [-0.4, -0.2) is 37.0 Å². The fourth-order valence-electron chi connectivity index (χ4n) is 2.00. The van der Waals surface area contributed by atoms with Gasteiger partial charge in [0.05, 0.1) is 16.3 Å². The minimum absolute atomic E-state index is 0.0462. The van der Waals surface area contributed by atoms with E-state index in [-0.39, 0.29) is 18.9 Å². The third kappa shape index (κ3) is 5.76. The van der Waals surface area contributed by atoms with Gasteiger partial charge in [-0.2, -0.15) is 4.31 Å². The predicted molar refractivity (Wildman–Crippen MR) is 91.0 cm³/mol. The van der Waals surface area contributed by atoms with Crippen LogP contribution in [0.25, 0.3) is 0 Å². The van der Waals surface area contributed by atoms with Gasteiger partial charge in [0.1, 0.15) is 0 Å². The Bertz CT molecular complexity index is 655. The molecule has 0 aliphatic heterocycles. The fourth-order valence-corrected chi connectivity index (χ4v) is 3.72. The second kappa shape index (κ2) is 7.17. The molecule has 0 saturated carbocycles. The first-order chi connectivity index (χ1) is 9.91. The zero-order chi connectivity index (χ0) is 17.1. The van der Waals surface area contributed by atoms with Crippen LogP contribution in [-0.2, 0) is 14.8 Å². The first kappa shape index (κ1) is 19.2. The molecular weight excluding hydrogens is 347 g/mol. The van der Waals surface area contributed by atoms with Crippen molar-refractivity contribution in [2.75, 3.05) is 18.1 Å². The molecule has 1 rings (SSSR count). The number of amides is 1. The van der Waals surface area contributed by atoms with Gasteiger partial charge < -0.3 is 5.32 Å². The number of benzene rings is 1. The van der Waals surface area contributed by atoms with Gasteiger partial charge in [-0.15, -0.1) is 0 Å². The number of carbonyl (C=O) groups is 1. The zero-order valence-electron chi connectivity index (χ0n) is 13.0. The zero-order valence-corrected chi connectivity index (χ0v) is 15.3. The van der Waals surface area contributed by atoms with Crippen LogP contribution < -0.4 is 5.32 Å². The number of hydrogen-bond acceptors (Lipinski definition) is 3. The lowest BCUT2D eigenvalue weighted by Gasteiger charge is -2.33. The Labute approximate surface area is 141 Å². The molecule has 0 fully saturated rings. The van der Waals surface area contributed by atoms with Crippen molar-refractivity contribution in [3.63, 3.8) is 0 Å². The van der Waals surface area contributed by atoms with E-state index in [4.69, 9.17) is 23.2 Å². The number of nitrogens with one attached hydrogen (secondary N) is 1. The van der Waals surface area contributed by atoms with Crippen LogP contribution in [0.1, 0.15) is 27.2 Å². The molecule has 0 bridgehead atoms. The Morgan fingerprint density at radius 1 is 1.23 bits per heavy atom. The van der Waals surface area contributed by atoms with Crippen LogP contribution in [0, 0.1) is 0 Å². The molecular formula is C14H20Cl2N2O3S. The summed E-state index contributed by atoms with van der Waals surface area (Å²) in [5.74, 6) is -0.295. The van der Waals surface area contributed by atoms with E-state index in [0.717, 1.165) is 6.26 Å². The smallest absolute Gasteiger partial charge is 0.225 e. The molecule has 1 aromatic carbocycles. The normalized spacial score (nSPS) is 12.5. The van der Waals surface area contributed by atoms with Crippen LogP contribution in [0.4, 0.5) is 5.69 Å². The van der Waals surface area contributed by atoms with E-state index in [0.29, 0.717) is 15.7 Å². The summed E-state index contributed by atoms with van der Waals surface area (Å²) in [5, 5.41) is 3.40. The predicted octanol–water partition coefficient (Wildman–Crippen LogP) is 3.38. The lowest BCUT2D eigenvalue weighted by atomic mass is 10.1. The molecule has 1 N–H and O–H groups in total. The SMILES string of the molecule is CC(C)(C)N(CCC(=O)Nc1ccc(Cl)c(Cl)c1)S(C)(=O)=O. The molecule has 0 spiro atoms. The average Bonchev–Trinajstić information content (AvgIpc) is 2.30. The van der Waals surface area contributed by atoms with E-state index in [9.17, 15) is 13.2 Å². The monoisotopic (exact) mass is 366 g/mol. The first-order valence-corrected chi connectivity index (χ1v) is 9.24. The molecule has 5 nitrogen and oxygen atoms in total. The van der Waals surface area contributed by atoms with Gasteiger partial charge in [0.25, 0.3) is 0 Å². The highest BCUT2D eigenvalue weighted by atomic mass is 35.5. The van der Waals surface area contributed by atoms with E-state index < -0.39 is 15.6 Å². The molecule has 0 aliphatic carbocycles. The highest BCUT2D eigenvalue weighted by molar-refractivity contribution is 7.88. The highest BCUT2D eigenvalue weighted by Gasteiger charge is 2.29. The van der Waals surface area contributed by atoms with E-state index in [1.807, 2.05) is 0 Å². The van der Waals surface area contributed by atoms with Crippen molar-refractivity contribution in [2.45, 2.75) is 32.7 Å². The van der Waals surface area contributed by atoms with Crippen molar-refractivity contribution in [1.29, 1.82) is 0 Å². The van der Waals surface area contributed by atoms with Gasteiger partial charge in [-0.25, -0.2) is 8.42 Å². The molecule has 1 amide bonds. The summed E-state index contributed by atoms with van der Waals surface area (Å²) in [7, 11) is -3.39. The maximum absolute atomic E-state index is 12.0. The third-order valence-electron chi connectivity index (χ3n) is 2.89. The van der Waals surface area contributed by atoms with Crippen molar-refractivity contribution < 1.29 is 13.2 Å². The highest BCUT2D eigenvalue weighted by Crippen LogP contribution is 2.25. The average molecular weight is 367 g/mol. The summed E-state index contributed by atoms with van der Waals surface area (Å²) >= 11 is 11.7.